The first-order valence-electron chi connectivity index (χ1n) is 4.64. The normalized spacial score (nSPS) is 14.2. The first-order valence-corrected chi connectivity index (χ1v) is 4.64. The topological polar surface area (TPSA) is 27.7 Å². The average molecular weight is 194 g/mol. The van der Waals surface area contributed by atoms with Crippen LogP contribution in [0.1, 0.15) is 20.8 Å². The second-order valence-electron chi connectivity index (χ2n) is 4.20. The van der Waals surface area contributed by atoms with Gasteiger partial charge in [-0.15, -0.1) is 0 Å². The highest BCUT2D eigenvalue weighted by Gasteiger charge is 2.21. The Labute approximate surface area is 83.6 Å². The molecule has 0 aliphatic carbocycles. The number of benzene rings is 1. The maximum Gasteiger partial charge on any atom is 0.231 e. The molecule has 1 aromatic rings. The minimum atomic E-state index is -0.221. The van der Waals surface area contributed by atoms with Crippen molar-refractivity contribution in [3.05, 3.63) is 18.2 Å². The van der Waals surface area contributed by atoms with Crippen LogP contribution in [-0.2, 0) is 0 Å². The van der Waals surface area contributed by atoms with Crippen molar-refractivity contribution in [3.8, 4) is 17.2 Å². The quantitative estimate of drug-likeness (QED) is 0.687. The van der Waals surface area contributed by atoms with E-state index >= 15 is 0 Å². The van der Waals surface area contributed by atoms with Gasteiger partial charge in [0.15, 0.2) is 11.5 Å². The number of hydrogen-bond acceptors (Lipinski definition) is 3. The van der Waals surface area contributed by atoms with Gasteiger partial charge in [-0.2, -0.15) is 0 Å². The molecule has 0 saturated heterocycles. The number of hydrogen-bond donors (Lipinski definition) is 0. The van der Waals surface area contributed by atoms with Crippen molar-refractivity contribution in [1.82, 2.24) is 0 Å². The third kappa shape index (κ3) is 1.76. The van der Waals surface area contributed by atoms with Crippen LogP contribution in [0.4, 0.5) is 0 Å². The van der Waals surface area contributed by atoms with Crippen molar-refractivity contribution < 1.29 is 14.2 Å². The van der Waals surface area contributed by atoms with E-state index < -0.39 is 0 Å². The maximum absolute atomic E-state index is 5.74. The van der Waals surface area contributed by atoms with Gasteiger partial charge in [-0.1, -0.05) is 6.07 Å². The Kier molecular flexibility index (Phi) is 2.02. The monoisotopic (exact) mass is 194 g/mol. The number of para-hydroxylation sites is 1. The van der Waals surface area contributed by atoms with Crippen LogP contribution in [0.5, 0.6) is 17.2 Å². The van der Waals surface area contributed by atoms with Crippen LogP contribution in [-0.4, -0.2) is 12.4 Å². The second-order valence-corrected chi connectivity index (χ2v) is 4.20. The van der Waals surface area contributed by atoms with E-state index in [1.807, 2.05) is 39.0 Å². The third-order valence-corrected chi connectivity index (χ3v) is 1.78. The molecule has 0 atom stereocenters. The van der Waals surface area contributed by atoms with Crippen molar-refractivity contribution >= 4 is 0 Å². The van der Waals surface area contributed by atoms with E-state index in [1.165, 1.54) is 0 Å². The lowest BCUT2D eigenvalue weighted by Gasteiger charge is -2.21. The summed E-state index contributed by atoms with van der Waals surface area (Å²) in [5, 5.41) is 0. The van der Waals surface area contributed by atoms with Crippen molar-refractivity contribution in [3.63, 3.8) is 0 Å². The molecule has 1 heterocycles. The van der Waals surface area contributed by atoms with Gasteiger partial charge < -0.3 is 14.2 Å². The summed E-state index contributed by atoms with van der Waals surface area (Å²) in [6, 6.07) is 5.66. The van der Waals surface area contributed by atoms with Gasteiger partial charge in [0.1, 0.15) is 5.60 Å². The van der Waals surface area contributed by atoms with Gasteiger partial charge in [0, 0.05) is 0 Å². The minimum absolute atomic E-state index is 0.221. The molecule has 3 nitrogen and oxygen atoms in total. The standard InChI is InChI=1S/C11H14O3/c1-11(2,3)14-9-6-4-5-8-10(9)13-7-12-8/h4-6H,7H2,1-3H3. The Morgan fingerprint density at radius 2 is 2.00 bits per heavy atom. The summed E-state index contributed by atoms with van der Waals surface area (Å²) in [6.07, 6.45) is 0. The Hall–Kier alpha value is -1.38. The summed E-state index contributed by atoms with van der Waals surface area (Å²) in [4.78, 5) is 0. The molecule has 0 bridgehead atoms. The first kappa shape index (κ1) is 9.19. The van der Waals surface area contributed by atoms with Gasteiger partial charge in [-0.3, -0.25) is 0 Å². The van der Waals surface area contributed by atoms with E-state index in [9.17, 15) is 0 Å². The zero-order valence-electron chi connectivity index (χ0n) is 8.66. The molecule has 3 heteroatoms. The Balaban J connectivity index is 2.31. The Bertz CT molecular complexity index is 339. The fourth-order valence-electron chi connectivity index (χ4n) is 1.31. The van der Waals surface area contributed by atoms with Crippen LogP contribution in [0.15, 0.2) is 18.2 Å². The summed E-state index contributed by atoms with van der Waals surface area (Å²) in [5.41, 5.74) is -0.221. The highest BCUT2D eigenvalue weighted by atomic mass is 16.7. The zero-order valence-corrected chi connectivity index (χ0v) is 8.66. The summed E-state index contributed by atoms with van der Waals surface area (Å²) in [7, 11) is 0. The minimum Gasteiger partial charge on any atom is -0.484 e. The third-order valence-electron chi connectivity index (χ3n) is 1.78. The van der Waals surface area contributed by atoms with E-state index in [2.05, 4.69) is 0 Å². The molecule has 0 saturated carbocycles. The lowest BCUT2D eigenvalue weighted by Crippen LogP contribution is -2.23. The fraction of sp³-hybridized carbons (Fsp3) is 0.455. The predicted octanol–water partition coefficient (Wildman–Crippen LogP) is 2.59. The van der Waals surface area contributed by atoms with Gasteiger partial charge in [-0.05, 0) is 32.9 Å². The van der Waals surface area contributed by atoms with Crippen LogP contribution in [0.2, 0.25) is 0 Å². The highest BCUT2D eigenvalue weighted by Crippen LogP contribution is 2.41. The van der Waals surface area contributed by atoms with Crippen molar-refractivity contribution in [2.45, 2.75) is 26.4 Å². The molecule has 0 unspecified atom stereocenters. The highest BCUT2D eigenvalue weighted by molar-refractivity contribution is 5.52. The number of fused-ring (bicyclic) bond motifs is 1. The van der Waals surface area contributed by atoms with Crippen LogP contribution in [0.3, 0.4) is 0 Å². The van der Waals surface area contributed by atoms with Crippen LogP contribution >= 0.6 is 0 Å². The zero-order chi connectivity index (χ0) is 10.2. The molecule has 0 spiro atoms. The SMILES string of the molecule is CC(C)(C)Oc1cccc2c1OCO2. The van der Waals surface area contributed by atoms with Gasteiger partial charge in [-0.25, -0.2) is 0 Å². The Morgan fingerprint density at radius 3 is 2.71 bits per heavy atom. The molecule has 0 radical (unpaired) electrons. The lowest BCUT2D eigenvalue weighted by atomic mass is 10.2. The largest absolute Gasteiger partial charge is 0.484 e. The van der Waals surface area contributed by atoms with Crippen molar-refractivity contribution in [2.75, 3.05) is 6.79 Å². The first-order chi connectivity index (χ1) is 6.56. The van der Waals surface area contributed by atoms with E-state index in [1.54, 1.807) is 0 Å². The number of rotatable bonds is 1. The van der Waals surface area contributed by atoms with E-state index in [0.29, 0.717) is 5.75 Å². The molecule has 1 aliphatic rings. The van der Waals surface area contributed by atoms with Gasteiger partial charge in [0.2, 0.25) is 12.5 Å². The molecule has 1 aliphatic heterocycles. The molecule has 0 amide bonds. The average Bonchev–Trinajstić information content (AvgIpc) is 2.49. The van der Waals surface area contributed by atoms with Gasteiger partial charge in [0.05, 0.1) is 0 Å². The molecule has 1 aromatic carbocycles. The van der Waals surface area contributed by atoms with E-state index in [4.69, 9.17) is 14.2 Å². The van der Waals surface area contributed by atoms with E-state index in [0.717, 1.165) is 11.5 Å². The van der Waals surface area contributed by atoms with Crippen LogP contribution in [0.25, 0.3) is 0 Å². The maximum atomic E-state index is 5.74. The summed E-state index contributed by atoms with van der Waals surface area (Å²) < 4.78 is 16.3. The fourth-order valence-corrected chi connectivity index (χ4v) is 1.31. The summed E-state index contributed by atoms with van der Waals surface area (Å²) in [5.74, 6) is 2.21. The van der Waals surface area contributed by atoms with Crippen molar-refractivity contribution in [2.24, 2.45) is 0 Å². The molecular formula is C11H14O3. The summed E-state index contributed by atoms with van der Waals surface area (Å²) >= 11 is 0. The summed E-state index contributed by atoms with van der Waals surface area (Å²) in [6.45, 7) is 6.28. The van der Waals surface area contributed by atoms with Gasteiger partial charge >= 0.3 is 0 Å². The molecule has 0 N–H and O–H groups in total. The predicted molar refractivity (Wildman–Crippen MR) is 52.9 cm³/mol. The van der Waals surface area contributed by atoms with Gasteiger partial charge in [0.25, 0.3) is 0 Å². The lowest BCUT2D eigenvalue weighted by molar-refractivity contribution is 0.120. The molecule has 0 aromatic heterocycles. The number of ether oxygens (including phenoxy) is 3. The second kappa shape index (κ2) is 3.08. The Morgan fingerprint density at radius 1 is 1.21 bits per heavy atom. The molecule has 76 valence electrons. The molecular weight excluding hydrogens is 180 g/mol. The van der Waals surface area contributed by atoms with Crippen LogP contribution < -0.4 is 14.2 Å². The molecule has 0 fully saturated rings. The van der Waals surface area contributed by atoms with Crippen molar-refractivity contribution in [1.29, 1.82) is 0 Å². The van der Waals surface area contributed by atoms with Crippen LogP contribution in [0, 0.1) is 0 Å². The molecule has 14 heavy (non-hydrogen) atoms. The molecule has 2 rings (SSSR count). The smallest absolute Gasteiger partial charge is 0.231 e. The van der Waals surface area contributed by atoms with E-state index in [-0.39, 0.29) is 12.4 Å².